The third kappa shape index (κ3) is 9.73. The van der Waals surface area contributed by atoms with E-state index in [9.17, 15) is 14.4 Å². The Morgan fingerprint density at radius 2 is 1.52 bits per heavy atom. The maximum Gasteiger partial charge on any atom is 0.407 e. The second-order valence-corrected chi connectivity index (χ2v) is 12.8. The maximum atomic E-state index is 13.5. The summed E-state index contributed by atoms with van der Waals surface area (Å²) in [7, 11) is 1.65. The monoisotopic (exact) mass is 683 g/mol. The minimum absolute atomic E-state index is 0.0898. The fraction of sp³-hybridized carbons (Fsp3) is 0.359. The van der Waals surface area contributed by atoms with Gasteiger partial charge < -0.3 is 38.9 Å². The van der Waals surface area contributed by atoms with Crippen LogP contribution in [0.1, 0.15) is 54.7 Å². The van der Waals surface area contributed by atoms with Gasteiger partial charge in [0.25, 0.3) is 11.5 Å². The number of methoxy groups -OCH3 is 1. The molecule has 0 saturated carbocycles. The molecule has 0 fully saturated rings. The first-order valence-corrected chi connectivity index (χ1v) is 16.8. The molecule has 1 aromatic heterocycles. The van der Waals surface area contributed by atoms with Crippen LogP contribution in [-0.2, 0) is 20.6 Å². The zero-order valence-electron chi connectivity index (χ0n) is 29.0. The highest BCUT2D eigenvalue weighted by molar-refractivity contribution is 6.04. The summed E-state index contributed by atoms with van der Waals surface area (Å²) in [6.07, 6.45) is 2.85. The Morgan fingerprint density at radius 3 is 2.22 bits per heavy atom. The Kier molecular flexibility index (Phi) is 12.3. The molecular formula is C39H45N3O8. The van der Waals surface area contributed by atoms with Crippen molar-refractivity contribution < 1.29 is 33.3 Å². The van der Waals surface area contributed by atoms with Gasteiger partial charge in [-0.05, 0) is 98.3 Å². The molecule has 1 aliphatic carbocycles. The molecule has 0 bridgehead atoms. The number of alkyl carbamates (subject to hydrolysis) is 1. The second kappa shape index (κ2) is 17.0. The van der Waals surface area contributed by atoms with Crippen molar-refractivity contribution in [3.05, 3.63) is 112 Å². The van der Waals surface area contributed by atoms with Crippen molar-refractivity contribution in [1.29, 1.82) is 0 Å². The van der Waals surface area contributed by atoms with Gasteiger partial charge in [-0.15, -0.1) is 0 Å². The third-order valence-corrected chi connectivity index (χ3v) is 8.08. The lowest BCUT2D eigenvalue weighted by Crippen LogP contribution is -2.34. The average molecular weight is 684 g/mol. The fourth-order valence-corrected chi connectivity index (χ4v) is 5.78. The molecule has 0 aliphatic heterocycles. The quantitative estimate of drug-likeness (QED) is 0.141. The summed E-state index contributed by atoms with van der Waals surface area (Å²) in [5, 5.41) is 5.51. The number of rotatable bonds is 15. The summed E-state index contributed by atoms with van der Waals surface area (Å²) in [6, 6.07) is 24.2. The molecule has 0 spiro atoms. The molecule has 1 aliphatic rings. The largest absolute Gasteiger partial charge is 0.496 e. The van der Waals surface area contributed by atoms with E-state index in [2.05, 4.69) is 10.6 Å². The Balaban J connectivity index is 1.04. The van der Waals surface area contributed by atoms with Crippen LogP contribution in [0.3, 0.4) is 0 Å². The summed E-state index contributed by atoms with van der Waals surface area (Å²) in [5.41, 5.74) is 3.94. The Labute approximate surface area is 292 Å². The number of carbonyl (C=O) groups excluding carboxylic acids is 2. The van der Waals surface area contributed by atoms with E-state index >= 15 is 0 Å². The number of amides is 2. The van der Waals surface area contributed by atoms with Gasteiger partial charge >= 0.3 is 6.09 Å². The SMILES string of the molecule is COc1cccc2c1CCC2n1cccc(C(=O)Nc2ccc(-c3ccc(OCCOCCOCCNC(=O)OC(C)(C)C)cc3)cc2)c1=O. The number of pyridine rings is 1. The molecule has 0 radical (unpaired) electrons. The second-order valence-electron chi connectivity index (χ2n) is 12.8. The van der Waals surface area contributed by atoms with Crippen molar-refractivity contribution in [3.8, 4) is 22.6 Å². The van der Waals surface area contributed by atoms with Gasteiger partial charge in [-0.25, -0.2) is 4.79 Å². The van der Waals surface area contributed by atoms with Crippen LogP contribution in [0.4, 0.5) is 10.5 Å². The molecule has 0 saturated heterocycles. The maximum absolute atomic E-state index is 13.5. The standard InChI is InChI=1S/C39H45N3O8/c1-39(2,3)50-38(45)40-20-22-47-23-24-48-25-26-49-30-16-12-28(13-17-30)27-10-14-29(15-11-27)41-36(43)33-8-6-21-42(37(33)44)34-19-18-32-31(34)7-5-9-35(32)46-4/h5-17,21,34H,18-20,22-26H2,1-4H3,(H,40,45)(H,41,43). The van der Waals surface area contributed by atoms with Crippen LogP contribution in [0.25, 0.3) is 11.1 Å². The molecule has 50 heavy (non-hydrogen) atoms. The van der Waals surface area contributed by atoms with E-state index < -0.39 is 17.6 Å². The molecule has 1 atom stereocenters. The number of benzene rings is 3. The van der Waals surface area contributed by atoms with Crippen LogP contribution < -0.4 is 25.7 Å². The first-order chi connectivity index (χ1) is 24.1. The van der Waals surface area contributed by atoms with Gasteiger partial charge in [0.1, 0.15) is 29.3 Å². The van der Waals surface area contributed by atoms with E-state index in [-0.39, 0.29) is 17.2 Å². The number of ether oxygens (including phenoxy) is 5. The van der Waals surface area contributed by atoms with Crippen LogP contribution in [0, 0.1) is 0 Å². The number of nitrogens with one attached hydrogen (secondary N) is 2. The van der Waals surface area contributed by atoms with Crippen molar-refractivity contribution in [3.63, 3.8) is 0 Å². The van der Waals surface area contributed by atoms with Crippen molar-refractivity contribution in [2.45, 2.75) is 45.3 Å². The lowest BCUT2D eigenvalue weighted by Gasteiger charge is -2.19. The van der Waals surface area contributed by atoms with Gasteiger partial charge in [0.15, 0.2) is 0 Å². The minimum Gasteiger partial charge on any atom is -0.496 e. The van der Waals surface area contributed by atoms with Gasteiger partial charge in [0.2, 0.25) is 0 Å². The molecule has 11 heteroatoms. The number of nitrogens with zero attached hydrogens (tertiary/aromatic N) is 1. The molecule has 4 aromatic rings. The number of carbonyl (C=O) groups is 2. The molecule has 2 amide bonds. The van der Waals surface area contributed by atoms with E-state index in [1.807, 2.05) is 87.5 Å². The normalized spacial score (nSPS) is 13.7. The van der Waals surface area contributed by atoms with E-state index in [1.54, 1.807) is 30.0 Å². The highest BCUT2D eigenvalue weighted by Gasteiger charge is 2.28. The fourth-order valence-electron chi connectivity index (χ4n) is 5.78. The van der Waals surface area contributed by atoms with Gasteiger partial charge in [-0.1, -0.05) is 36.4 Å². The Morgan fingerprint density at radius 1 is 0.840 bits per heavy atom. The number of fused-ring (bicyclic) bond motifs is 1. The van der Waals surface area contributed by atoms with Crippen molar-refractivity contribution in [2.75, 3.05) is 52.0 Å². The zero-order chi connectivity index (χ0) is 35.5. The Bertz CT molecular complexity index is 1800. The first kappa shape index (κ1) is 36.2. The molecular weight excluding hydrogens is 638 g/mol. The van der Waals surface area contributed by atoms with Crippen LogP contribution in [0.15, 0.2) is 89.9 Å². The first-order valence-electron chi connectivity index (χ1n) is 16.8. The molecule has 264 valence electrons. The smallest absolute Gasteiger partial charge is 0.407 e. The molecule has 11 nitrogen and oxygen atoms in total. The summed E-state index contributed by atoms with van der Waals surface area (Å²) in [6.45, 7) is 7.79. The Hall–Kier alpha value is -5.13. The number of aromatic nitrogens is 1. The van der Waals surface area contributed by atoms with Gasteiger partial charge in [0.05, 0.1) is 39.6 Å². The van der Waals surface area contributed by atoms with Gasteiger partial charge in [-0.3, -0.25) is 9.59 Å². The van der Waals surface area contributed by atoms with Crippen LogP contribution >= 0.6 is 0 Å². The molecule has 2 N–H and O–H groups in total. The van der Waals surface area contributed by atoms with E-state index in [4.69, 9.17) is 23.7 Å². The van der Waals surface area contributed by atoms with Crippen molar-refractivity contribution in [1.82, 2.24) is 9.88 Å². The van der Waals surface area contributed by atoms with Crippen molar-refractivity contribution >= 4 is 17.7 Å². The molecule has 1 unspecified atom stereocenters. The van der Waals surface area contributed by atoms with Crippen LogP contribution in [0.2, 0.25) is 0 Å². The van der Waals surface area contributed by atoms with E-state index in [0.717, 1.165) is 46.6 Å². The molecule has 1 heterocycles. The summed E-state index contributed by atoms with van der Waals surface area (Å²) in [4.78, 5) is 38.3. The average Bonchev–Trinajstić information content (AvgIpc) is 3.53. The predicted molar refractivity (Wildman–Crippen MR) is 191 cm³/mol. The summed E-state index contributed by atoms with van der Waals surface area (Å²) in [5.74, 6) is 1.09. The number of hydrogen-bond acceptors (Lipinski definition) is 8. The van der Waals surface area contributed by atoms with E-state index in [1.165, 1.54) is 0 Å². The number of anilines is 1. The third-order valence-electron chi connectivity index (χ3n) is 8.08. The van der Waals surface area contributed by atoms with Crippen molar-refractivity contribution in [2.24, 2.45) is 0 Å². The highest BCUT2D eigenvalue weighted by Crippen LogP contribution is 2.38. The molecule has 3 aromatic carbocycles. The van der Waals surface area contributed by atoms with Gasteiger partial charge in [0, 0.05) is 18.4 Å². The van der Waals surface area contributed by atoms with E-state index in [0.29, 0.717) is 45.3 Å². The number of hydrogen-bond donors (Lipinski definition) is 2. The predicted octanol–water partition coefficient (Wildman–Crippen LogP) is 6.25. The lowest BCUT2D eigenvalue weighted by atomic mass is 10.1. The topological polar surface area (TPSA) is 126 Å². The highest BCUT2D eigenvalue weighted by atomic mass is 16.6. The van der Waals surface area contributed by atoms with Crippen LogP contribution in [-0.4, -0.2) is 68.9 Å². The molecule has 5 rings (SSSR count). The van der Waals surface area contributed by atoms with Crippen LogP contribution in [0.5, 0.6) is 11.5 Å². The summed E-state index contributed by atoms with van der Waals surface area (Å²) < 4.78 is 29.1. The van der Waals surface area contributed by atoms with Gasteiger partial charge in [-0.2, -0.15) is 0 Å². The summed E-state index contributed by atoms with van der Waals surface area (Å²) >= 11 is 0. The lowest BCUT2D eigenvalue weighted by molar-refractivity contribution is 0.0327. The minimum atomic E-state index is -0.530. The zero-order valence-corrected chi connectivity index (χ0v) is 29.0.